The Bertz CT molecular complexity index is 633. The van der Waals surface area contributed by atoms with Gasteiger partial charge in [0.15, 0.2) is 0 Å². The van der Waals surface area contributed by atoms with Crippen molar-refractivity contribution in [2.45, 2.75) is 46.0 Å². The summed E-state index contributed by atoms with van der Waals surface area (Å²) < 4.78 is 25.6. The number of anilines is 1. The van der Waals surface area contributed by atoms with Crippen LogP contribution in [0.4, 0.5) is 5.69 Å². The highest BCUT2D eigenvalue weighted by Crippen LogP contribution is 2.32. The summed E-state index contributed by atoms with van der Waals surface area (Å²) in [5, 5.41) is 2.77. The molecule has 0 heterocycles. The lowest BCUT2D eigenvalue weighted by molar-refractivity contribution is -0.119. The van der Waals surface area contributed by atoms with Gasteiger partial charge < -0.3 is 5.32 Å². The summed E-state index contributed by atoms with van der Waals surface area (Å²) in [5.74, 6) is -0.285. The van der Waals surface area contributed by atoms with Crippen LogP contribution in [0.3, 0.4) is 0 Å². The Morgan fingerprint density at radius 2 is 1.83 bits per heavy atom. The zero-order valence-electron chi connectivity index (χ0n) is 14.7. The molecule has 0 aromatic heterocycles. The van der Waals surface area contributed by atoms with Crippen LogP contribution in [0.1, 0.15) is 46.1 Å². The molecule has 0 bridgehead atoms. The van der Waals surface area contributed by atoms with E-state index >= 15 is 0 Å². The third-order valence-corrected chi connectivity index (χ3v) is 4.65. The third-order valence-electron chi connectivity index (χ3n) is 3.52. The van der Waals surface area contributed by atoms with Crippen LogP contribution < -0.4 is 9.62 Å². The summed E-state index contributed by atoms with van der Waals surface area (Å²) in [7, 11) is -3.55. The summed E-state index contributed by atoms with van der Waals surface area (Å²) in [4.78, 5) is 12.1. The Hall–Kier alpha value is -1.56. The van der Waals surface area contributed by atoms with E-state index < -0.39 is 10.0 Å². The molecule has 1 aromatic carbocycles. The number of hydrogen-bond donors (Lipinski definition) is 1. The van der Waals surface area contributed by atoms with Crippen molar-refractivity contribution in [1.29, 1.82) is 0 Å². The van der Waals surface area contributed by atoms with E-state index in [0.29, 0.717) is 12.2 Å². The quantitative estimate of drug-likeness (QED) is 0.776. The fourth-order valence-corrected chi connectivity index (χ4v) is 3.17. The first-order valence-corrected chi connectivity index (χ1v) is 9.76. The monoisotopic (exact) mass is 340 g/mol. The number of sulfonamides is 1. The van der Waals surface area contributed by atoms with Gasteiger partial charge in [-0.05, 0) is 23.5 Å². The number of rotatable bonds is 7. The van der Waals surface area contributed by atoms with Crippen molar-refractivity contribution in [3.05, 3.63) is 29.8 Å². The van der Waals surface area contributed by atoms with Gasteiger partial charge in [0.05, 0.1) is 11.9 Å². The fraction of sp³-hybridized carbons (Fsp3) is 0.588. The Morgan fingerprint density at radius 1 is 1.22 bits per heavy atom. The van der Waals surface area contributed by atoms with Crippen LogP contribution in [0.5, 0.6) is 0 Å². The van der Waals surface area contributed by atoms with E-state index in [4.69, 9.17) is 0 Å². The number of benzene rings is 1. The van der Waals surface area contributed by atoms with Crippen molar-refractivity contribution in [3.8, 4) is 0 Å². The molecule has 23 heavy (non-hydrogen) atoms. The van der Waals surface area contributed by atoms with Crippen molar-refractivity contribution < 1.29 is 13.2 Å². The van der Waals surface area contributed by atoms with Crippen molar-refractivity contribution in [3.63, 3.8) is 0 Å². The maximum absolute atomic E-state index is 12.2. The van der Waals surface area contributed by atoms with E-state index in [1.165, 1.54) is 4.31 Å². The molecule has 0 aliphatic carbocycles. The largest absolute Gasteiger partial charge is 0.355 e. The average Bonchev–Trinajstić information content (AvgIpc) is 2.43. The SMILES string of the molecule is CCCCNC(=O)CN(c1ccccc1C(C)(C)C)S(C)(=O)=O. The molecule has 0 radical (unpaired) electrons. The molecule has 6 heteroatoms. The molecule has 0 aliphatic rings. The number of para-hydroxylation sites is 1. The number of carbonyl (C=O) groups is 1. The molecule has 1 aromatic rings. The lowest BCUT2D eigenvalue weighted by Crippen LogP contribution is -2.41. The Morgan fingerprint density at radius 3 is 2.35 bits per heavy atom. The molecule has 5 nitrogen and oxygen atoms in total. The summed E-state index contributed by atoms with van der Waals surface area (Å²) in [5.41, 5.74) is 1.23. The maximum atomic E-state index is 12.2. The van der Waals surface area contributed by atoms with Gasteiger partial charge >= 0.3 is 0 Å². The molecule has 0 saturated carbocycles. The predicted octanol–water partition coefficient (Wildman–Crippen LogP) is 2.67. The van der Waals surface area contributed by atoms with Crippen LogP contribution in [0.25, 0.3) is 0 Å². The molecule has 1 rings (SSSR count). The van der Waals surface area contributed by atoms with E-state index in [1.54, 1.807) is 12.1 Å². The van der Waals surface area contributed by atoms with Crippen molar-refractivity contribution >= 4 is 21.6 Å². The highest BCUT2D eigenvalue weighted by molar-refractivity contribution is 7.92. The molecule has 130 valence electrons. The predicted molar refractivity (Wildman–Crippen MR) is 95.2 cm³/mol. The van der Waals surface area contributed by atoms with Crippen molar-refractivity contribution in [1.82, 2.24) is 5.32 Å². The van der Waals surface area contributed by atoms with Crippen LogP contribution in [0.15, 0.2) is 24.3 Å². The summed E-state index contributed by atoms with van der Waals surface area (Å²) in [6.07, 6.45) is 2.98. The molecule has 0 saturated heterocycles. The number of amides is 1. The molecule has 1 amide bonds. The van der Waals surface area contributed by atoms with Gasteiger partial charge in [0.1, 0.15) is 6.54 Å². The van der Waals surface area contributed by atoms with Gasteiger partial charge in [0, 0.05) is 6.54 Å². The minimum absolute atomic E-state index is 0.199. The standard InChI is InChI=1S/C17H28N2O3S/c1-6-7-12-18-16(20)13-19(23(5,21)22)15-11-9-8-10-14(15)17(2,3)4/h8-11H,6-7,12-13H2,1-5H3,(H,18,20). The minimum Gasteiger partial charge on any atom is -0.355 e. The van der Waals surface area contributed by atoms with Crippen LogP contribution in [0, 0.1) is 0 Å². The summed E-state index contributed by atoms with van der Waals surface area (Å²) in [6, 6.07) is 7.33. The van der Waals surface area contributed by atoms with Crippen LogP contribution >= 0.6 is 0 Å². The fourth-order valence-electron chi connectivity index (χ4n) is 2.30. The topological polar surface area (TPSA) is 66.5 Å². The first-order chi connectivity index (χ1) is 10.6. The Balaban J connectivity index is 3.13. The minimum atomic E-state index is -3.55. The third kappa shape index (κ3) is 5.86. The number of nitrogens with one attached hydrogen (secondary N) is 1. The van der Waals surface area contributed by atoms with Crippen molar-refractivity contribution in [2.75, 3.05) is 23.7 Å². The van der Waals surface area contributed by atoms with E-state index in [2.05, 4.69) is 5.32 Å². The lowest BCUT2D eigenvalue weighted by Gasteiger charge is -2.29. The molecule has 0 fully saturated rings. The molecular formula is C17H28N2O3S. The number of nitrogens with zero attached hydrogens (tertiary/aromatic N) is 1. The Labute approximate surface area is 140 Å². The van der Waals surface area contributed by atoms with Gasteiger partial charge in [-0.1, -0.05) is 52.3 Å². The van der Waals surface area contributed by atoms with Gasteiger partial charge in [0.25, 0.3) is 0 Å². The van der Waals surface area contributed by atoms with Gasteiger partial charge in [-0.2, -0.15) is 0 Å². The van der Waals surface area contributed by atoms with E-state index in [9.17, 15) is 13.2 Å². The second-order valence-electron chi connectivity index (χ2n) is 6.74. The van der Waals surface area contributed by atoms with Gasteiger partial charge in [-0.25, -0.2) is 8.42 Å². The average molecular weight is 340 g/mol. The molecule has 0 spiro atoms. The Kier molecular flexibility index (Phi) is 6.62. The van der Waals surface area contributed by atoms with E-state index in [1.807, 2.05) is 39.8 Å². The van der Waals surface area contributed by atoms with E-state index in [-0.39, 0.29) is 17.9 Å². The zero-order valence-corrected chi connectivity index (χ0v) is 15.5. The molecule has 0 aliphatic heterocycles. The molecule has 0 atom stereocenters. The second-order valence-corrected chi connectivity index (χ2v) is 8.65. The first kappa shape index (κ1) is 19.5. The van der Waals surface area contributed by atoms with Crippen LogP contribution in [0.2, 0.25) is 0 Å². The van der Waals surface area contributed by atoms with Crippen molar-refractivity contribution in [2.24, 2.45) is 0 Å². The van der Waals surface area contributed by atoms with Crippen LogP contribution in [-0.2, 0) is 20.2 Å². The summed E-state index contributed by atoms with van der Waals surface area (Å²) in [6.45, 7) is 8.47. The maximum Gasteiger partial charge on any atom is 0.240 e. The van der Waals surface area contributed by atoms with Gasteiger partial charge in [0.2, 0.25) is 15.9 Å². The second kappa shape index (κ2) is 7.81. The number of hydrogen-bond acceptors (Lipinski definition) is 3. The summed E-state index contributed by atoms with van der Waals surface area (Å²) >= 11 is 0. The van der Waals surface area contributed by atoms with E-state index in [0.717, 1.165) is 24.7 Å². The number of carbonyl (C=O) groups excluding carboxylic acids is 1. The first-order valence-electron chi connectivity index (χ1n) is 7.91. The molecule has 1 N–H and O–H groups in total. The van der Waals surface area contributed by atoms with Gasteiger partial charge in [-0.3, -0.25) is 9.10 Å². The molecular weight excluding hydrogens is 312 g/mol. The number of unbranched alkanes of at least 4 members (excludes halogenated alkanes) is 1. The zero-order chi connectivity index (χ0) is 17.7. The van der Waals surface area contributed by atoms with Gasteiger partial charge in [-0.15, -0.1) is 0 Å². The highest BCUT2D eigenvalue weighted by atomic mass is 32.2. The normalized spacial score (nSPS) is 12.0. The van der Waals surface area contributed by atoms with Crippen LogP contribution in [-0.4, -0.2) is 33.7 Å². The lowest BCUT2D eigenvalue weighted by atomic mass is 9.86. The highest BCUT2D eigenvalue weighted by Gasteiger charge is 2.27. The smallest absolute Gasteiger partial charge is 0.240 e. The molecule has 0 unspecified atom stereocenters.